The van der Waals surface area contributed by atoms with Gasteiger partial charge in [0.1, 0.15) is 0 Å². The van der Waals surface area contributed by atoms with E-state index in [2.05, 4.69) is 36.6 Å². The molecule has 3 heteroatoms. The van der Waals surface area contributed by atoms with E-state index in [9.17, 15) is 0 Å². The molecule has 0 fully saturated rings. The van der Waals surface area contributed by atoms with Crippen LogP contribution in [0.5, 0.6) is 0 Å². The van der Waals surface area contributed by atoms with Gasteiger partial charge in [0, 0.05) is 19.8 Å². The Morgan fingerprint density at radius 3 is 2.75 bits per heavy atom. The molecule has 16 heavy (non-hydrogen) atoms. The Morgan fingerprint density at radius 1 is 1.38 bits per heavy atom. The van der Waals surface area contributed by atoms with Gasteiger partial charge in [-0.25, -0.2) is 0 Å². The molecule has 1 atom stereocenters. The molecule has 0 heterocycles. The summed E-state index contributed by atoms with van der Waals surface area (Å²) in [6.07, 6.45) is 3.06. The Kier molecular flexibility index (Phi) is 6.08. The molecule has 0 aliphatic heterocycles. The molecule has 3 N–H and O–H groups in total. The number of benzene rings is 1. The summed E-state index contributed by atoms with van der Waals surface area (Å²) >= 11 is 0. The van der Waals surface area contributed by atoms with Crippen molar-refractivity contribution < 1.29 is 4.74 Å². The van der Waals surface area contributed by atoms with Crippen LogP contribution in [0.2, 0.25) is 0 Å². The van der Waals surface area contributed by atoms with E-state index < -0.39 is 0 Å². The fourth-order valence-electron chi connectivity index (χ4n) is 1.82. The molecule has 90 valence electrons. The number of hydrogen-bond donors (Lipinski definition) is 2. The van der Waals surface area contributed by atoms with Crippen LogP contribution in [0.25, 0.3) is 0 Å². The van der Waals surface area contributed by atoms with Gasteiger partial charge in [0.05, 0.1) is 0 Å². The lowest BCUT2D eigenvalue weighted by Crippen LogP contribution is -2.37. The monoisotopic (exact) mass is 222 g/mol. The predicted molar refractivity (Wildman–Crippen MR) is 67.1 cm³/mol. The van der Waals surface area contributed by atoms with Crippen molar-refractivity contribution in [3.05, 3.63) is 35.4 Å². The minimum Gasteiger partial charge on any atom is -0.385 e. The first-order chi connectivity index (χ1) is 7.77. The van der Waals surface area contributed by atoms with Crippen molar-refractivity contribution in [3.8, 4) is 0 Å². The van der Waals surface area contributed by atoms with Crippen molar-refractivity contribution in [1.82, 2.24) is 5.43 Å². The van der Waals surface area contributed by atoms with Crippen molar-refractivity contribution in [2.24, 2.45) is 5.84 Å². The molecule has 3 nitrogen and oxygen atoms in total. The maximum absolute atomic E-state index is 5.56. The van der Waals surface area contributed by atoms with Crippen molar-refractivity contribution in [3.63, 3.8) is 0 Å². The summed E-state index contributed by atoms with van der Waals surface area (Å²) in [5, 5.41) is 0. The van der Waals surface area contributed by atoms with Crippen LogP contribution in [0.15, 0.2) is 24.3 Å². The summed E-state index contributed by atoms with van der Waals surface area (Å²) < 4.78 is 5.04. The van der Waals surface area contributed by atoms with Crippen molar-refractivity contribution in [2.45, 2.75) is 32.2 Å². The predicted octanol–water partition coefficient (Wildman–Crippen LogP) is 1.80. The van der Waals surface area contributed by atoms with E-state index in [1.54, 1.807) is 7.11 Å². The average molecular weight is 222 g/mol. The lowest BCUT2D eigenvalue weighted by molar-refractivity contribution is 0.188. The molecular formula is C13H22N2O. The molecule has 0 aromatic heterocycles. The Hall–Kier alpha value is -0.900. The molecule has 1 rings (SSSR count). The van der Waals surface area contributed by atoms with Crippen LogP contribution in [-0.4, -0.2) is 19.8 Å². The second-order valence-electron chi connectivity index (χ2n) is 4.13. The quantitative estimate of drug-likeness (QED) is 0.420. The second-order valence-corrected chi connectivity index (χ2v) is 4.13. The summed E-state index contributed by atoms with van der Waals surface area (Å²) in [5.41, 5.74) is 5.57. The van der Waals surface area contributed by atoms with Crippen LogP contribution in [0.1, 0.15) is 24.0 Å². The molecule has 0 saturated heterocycles. The van der Waals surface area contributed by atoms with Crippen LogP contribution >= 0.6 is 0 Å². The maximum atomic E-state index is 5.56. The SMILES string of the molecule is COCCCC(Cc1ccccc1C)NN. The van der Waals surface area contributed by atoms with Crippen molar-refractivity contribution in [2.75, 3.05) is 13.7 Å². The summed E-state index contributed by atoms with van der Waals surface area (Å²) in [6.45, 7) is 2.93. The minimum absolute atomic E-state index is 0.330. The molecule has 1 aromatic carbocycles. The zero-order chi connectivity index (χ0) is 11.8. The number of rotatable bonds is 7. The Balaban J connectivity index is 2.46. The molecular weight excluding hydrogens is 200 g/mol. The third-order valence-electron chi connectivity index (χ3n) is 2.86. The highest BCUT2D eigenvalue weighted by atomic mass is 16.5. The fourth-order valence-corrected chi connectivity index (χ4v) is 1.82. The number of nitrogens with one attached hydrogen (secondary N) is 1. The van der Waals surface area contributed by atoms with Crippen LogP contribution in [-0.2, 0) is 11.2 Å². The topological polar surface area (TPSA) is 47.3 Å². The molecule has 0 bridgehead atoms. The van der Waals surface area contributed by atoms with Crippen molar-refractivity contribution >= 4 is 0 Å². The summed E-state index contributed by atoms with van der Waals surface area (Å²) in [6, 6.07) is 8.77. The number of hydrazine groups is 1. The van der Waals surface area contributed by atoms with E-state index in [4.69, 9.17) is 10.6 Å². The van der Waals surface area contributed by atoms with Crippen molar-refractivity contribution in [1.29, 1.82) is 0 Å². The molecule has 1 aromatic rings. The molecule has 0 aliphatic carbocycles. The largest absolute Gasteiger partial charge is 0.385 e. The Morgan fingerprint density at radius 2 is 2.12 bits per heavy atom. The van der Waals surface area contributed by atoms with Gasteiger partial charge in [0.15, 0.2) is 0 Å². The minimum atomic E-state index is 0.330. The molecule has 0 aliphatic rings. The van der Waals surface area contributed by atoms with Crippen LogP contribution in [0, 0.1) is 6.92 Å². The smallest absolute Gasteiger partial charge is 0.0462 e. The van der Waals surface area contributed by atoms with Gasteiger partial charge in [0.25, 0.3) is 0 Å². The Labute approximate surface area is 98.0 Å². The van der Waals surface area contributed by atoms with Gasteiger partial charge in [-0.3, -0.25) is 11.3 Å². The lowest BCUT2D eigenvalue weighted by Gasteiger charge is -2.16. The number of hydrogen-bond acceptors (Lipinski definition) is 3. The Bertz CT molecular complexity index is 302. The maximum Gasteiger partial charge on any atom is 0.0462 e. The van der Waals surface area contributed by atoms with Gasteiger partial charge >= 0.3 is 0 Å². The summed E-state index contributed by atoms with van der Waals surface area (Å²) in [4.78, 5) is 0. The third-order valence-corrected chi connectivity index (χ3v) is 2.86. The summed E-state index contributed by atoms with van der Waals surface area (Å²) in [7, 11) is 1.73. The van der Waals surface area contributed by atoms with E-state index >= 15 is 0 Å². The first kappa shape index (κ1) is 13.2. The van der Waals surface area contributed by atoms with Gasteiger partial charge < -0.3 is 4.74 Å². The van der Waals surface area contributed by atoms with Gasteiger partial charge in [-0.15, -0.1) is 0 Å². The van der Waals surface area contributed by atoms with Crippen LogP contribution < -0.4 is 11.3 Å². The number of nitrogens with two attached hydrogens (primary N) is 1. The van der Waals surface area contributed by atoms with E-state index in [1.165, 1.54) is 11.1 Å². The van der Waals surface area contributed by atoms with E-state index in [0.717, 1.165) is 25.9 Å². The average Bonchev–Trinajstić information content (AvgIpc) is 2.30. The summed E-state index contributed by atoms with van der Waals surface area (Å²) in [5.74, 6) is 5.56. The molecule has 0 amide bonds. The highest BCUT2D eigenvalue weighted by Crippen LogP contribution is 2.11. The number of methoxy groups -OCH3 is 1. The normalized spacial score (nSPS) is 12.7. The number of ether oxygens (including phenoxy) is 1. The van der Waals surface area contributed by atoms with E-state index in [0.29, 0.717) is 6.04 Å². The van der Waals surface area contributed by atoms with Gasteiger partial charge in [-0.1, -0.05) is 24.3 Å². The third kappa shape index (κ3) is 4.31. The standard InChI is InChI=1S/C13H22N2O/c1-11-6-3-4-7-12(11)10-13(15-14)8-5-9-16-2/h3-4,6-7,13,15H,5,8-10,14H2,1-2H3. The van der Waals surface area contributed by atoms with Gasteiger partial charge in [-0.05, 0) is 37.3 Å². The molecule has 1 unspecified atom stereocenters. The van der Waals surface area contributed by atoms with E-state index in [-0.39, 0.29) is 0 Å². The van der Waals surface area contributed by atoms with Crippen LogP contribution in [0.3, 0.4) is 0 Å². The number of aryl methyl sites for hydroxylation is 1. The zero-order valence-corrected chi connectivity index (χ0v) is 10.2. The highest BCUT2D eigenvalue weighted by Gasteiger charge is 2.08. The first-order valence-corrected chi connectivity index (χ1v) is 5.77. The fraction of sp³-hybridized carbons (Fsp3) is 0.538. The lowest BCUT2D eigenvalue weighted by atomic mass is 9.99. The second kappa shape index (κ2) is 7.39. The molecule has 0 spiro atoms. The van der Waals surface area contributed by atoms with Crippen LogP contribution in [0.4, 0.5) is 0 Å². The highest BCUT2D eigenvalue weighted by molar-refractivity contribution is 5.26. The zero-order valence-electron chi connectivity index (χ0n) is 10.2. The molecule has 0 radical (unpaired) electrons. The van der Waals surface area contributed by atoms with E-state index in [1.807, 2.05) is 0 Å². The van der Waals surface area contributed by atoms with Gasteiger partial charge in [-0.2, -0.15) is 0 Å². The molecule has 0 saturated carbocycles. The van der Waals surface area contributed by atoms with Gasteiger partial charge in [0.2, 0.25) is 0 Å². The first-order valence-electron chi connectivity index (χ1n) is 5.77.